The van der Waals surface area contributed by atoms with Gasteiger partial charge in [-0.05, 0) is 87.1 Å². The van der Waals surface area contributed by atoms with Crippen LogP contribution >= 0.6 is 34.7 Å². The molecule has 0 spiro atoms. The summed E-state index contributed by atoms with van der Waals surface area (Å²) in [5.41, 5.74) is 8.02. The van der Waals surface area contributed by atoms with Gasteiger partial charge in [-0.15, -0.1) is 11.3 Å². The molecule has 5 heterocycles. The predicted molar refractivity (Wildman–Crippen MR) is 292 cm³/mol. The fraction of sp³-hybridized carbons (Fsp3) is 0.556. The number of anilines is 2. The number of aromatic nitrogens is 3. The number of ether oxygens (including phenoxy) is 1. The Kier molecular flexibility index (Phi) is 18.0. The number of thiazole rings is 1. The molecule has 4 atom stereocenters. The number of benzene rings is 2. The van der Waals surface area contributed by atoms with Crippen LogP contribution in [0.25, 0.3) is 10.4 Å². The molecule has 1 aliphatic carbocycles. The monoisotopic (exact) mass is 1100 g/mol. The van der Waals surface area contributed by atoms with Crippen LogP contribution in [-0.4, -0.2) is 153 Å². The summed E-state index contributed by atoms with van der Waals surface area (Å²) < 4.78 is 21.1. The summed E-state index contributed by atoms with van der Waals surface area (Å²) in [5.74, 6) is -1.22. The van der Waals surface area contributed by atoms with E-state index in [0.717, 1.165) is 47.9 Å². The summed E-state index contributed by atoms with van der Waals surface area (Å²) in [4.78, 5) is 90.3. The van der Waals surface area contributed by atoms with Gasteiger partial charge in [-0.1, -0.05) is 69.3 Å². The molecule has 410 valence electrons. The molecule has 3 aliphatic heterocycles. The van der Waals surface area contributed by atoms with Crippen LogP contribution in [0.2, 0.25) is 5.02 Å². The van der Waals surface area contributed by atoms with Crippen molar-refractivity contribution in [2.45, 2.75) is 133 Å². The minimum atomic E-state index is -1.99. The van der Waals surface area contributed by atoms with E-state index >= 15 is 0 Å². The van der Waals surface area contributed by atoms with Gasteiger partial charge in [0.2, 0.25) is 23.6 Å². The number of rotatable bonds is 19. The fourth-order valence-electron chi connectivity index (χ4n) is 9.89. The van der Waals surface area contributed by atoms with Gasteiger partial charge in [0.25, 0.3) is 5.91 Å². The lowest BCUT2D eigenvalue weighted by Crippen LogP contribution is -2.59. The Balaban J connectivity index is 0.809. The van der Waals surface area contributed by atoms with E-state index in [0.29, 0.717) is 77.7 Å². The van der Waals surface area contributed by atoms with Crippen LogP contribution in [0.3, 0.4) is 0 Å². The van der Waals surface area contributed by atoms with Crippen molar-refractivity contribution in [3.8, 4) is 16.2 Å². The van der Waals surface area contributed by atoms with E-state index in [-0.39, 0.29) is 56.1 Å². The average molecular weight is 1100 g/mol. The van der Waals surface area contributed by atoms with Crippen LogP contribution in [-0.2, 0) is 30.5 Å². The lowest BCUT2D eigenvalue weighted by atomic mass is 9.80. The van der Waals surface area contributed by atoms with Crippen LogP contribution in [0.4, 0.5) is 15.9 Å². The highest BCUT2D eigenvalue weighted by Crippen LogP contribution is 2.41. The Morgan fingerprint density at radius 1 is 1.01 bits per heavy atom. The molecular weight excluding hydrogens is 1030 g/mol. The molecule has 2 aromatic carbocycles. The first kappa shape index (κ1) is 56.7. The highest BCUT2D eigenvalue weighted by atomic mass is 35.5. The second-order valence-corrected chi connectivity index (χ2v) is 24.3. The average Bonchev–Trinajstić information content (AvgIpc) is 3.80. The number of carbonyl (C=O) groups excluding carboxylic acids is 5. The summed E-state index contributed by atoms with van der Waals surface area (Å²) in [5, 5.41) is 20.1. The number of likely N-dealkylation sites (tertiary alicyclic amines) is 1. The largest absolute Gasteiger partial charge is 0.493 e. The number of hydrogen-bond acceptors (Lipinski definition) is 15. The van der Waals surface area contributed by atoms with Crippen molar-refractivity contribution in [2.75, 3.05) is 69.2 Å². The normalized spacial score (nSPS) is 20.7. The SMILES string of the molecule is Cc1ncsc1-c1ccc(CNC(=O)[C@@H]2C[C@@H](O)CN2C(=O)[C@@H](NC(=O)C2(F)CC2)C(C)(C)C)c(OCCCN2CCN(C(=O)CC(=O)Nc3cccc(Sc4cnc(N5CCC(C)(CN)CC5)cn4)c3Cl)[C@H](C)C2)c1. The first-order valence-corrected chi connectivity index (χ1v) is 28.2. The van der Waals surface area contributed by atoms with Gasteiger partial charge in [0.05, 0.1) is 51.9 Å². The van der Waals surface area contributed by atoms with Crippen molar-refractivity contribution in [1.82, 2.24) is 40.3 Å². The molecule has 4 aliphatic rings. The molecule has 6 N–H and O–H groups in total. The Bertz CT molecular complexity index is 2750. The maximum absolute atomic E-state index is 14.7. The lowest BCUT2D eigenvalue weighted by Gasteiger charge is -2.40. The minimum absolute atomic E-state index is 0.00642. The number of halogens is 2. The van der Waals surface area contributed by atoms with Crippen LogP contribution in [0.5, 0.6) is 5.75 Å². The molecule has 1 saturated carbocycles. The van der Waals surface area contributed by atoms with Gasteiger partial charge >= 0.3 is 0 Å². The number of aryl methyl sites for hydroxylation is 1. The zero-order chi connectivity index (χ0) is 54.5. The van der Waals surface area contributed by atoms with E-state index < -0.39 is 52.9 Å². The molecule has 0 bridgehead atoms. The highest BCUT2D eigenvalue weighted by Gasteiger charge is 2.53. The number of piperidine rings is 1. The second-order valence-electron chi connectivity index (χ2n) is 22.0. The molecule has 5 amide bonds. The molecule has 8 rings (SSSR count). The molecule has 0 radical (unpaired) electrons. The number of nitrogens with zero attached hydrogens (tertiary/aromatic N) is 7. The number of aliphatic hydroxyl groups is 1. The zero-order valence-electron chi connectivity index (χ0n) is 44.2. The van der Waals surface area contributed by atoms with Crippen LogP contribution in [0.15, 0.2) is 64.2 Å². The molecule has 18 nitrogen and oxygen atoms in total. The zero-order valence-corrected chi connectivity index (χ0v) is 46.6. The quantitative estimate of drug-likeness (QED) is 0.0519. The number of amides is 5. The molecule has 4 fully saturated rings. The van der Waals surface area contributed by atoms with Gasteiger partial charge in [-0.25, -0.2) is 19.3 Å². The van der Waals surface area contributed by atoms with Gasteiger partial charge < -0.3 is 46.2 Å². The van der Waals surface area contributed by atoms with Crippen LogP contribution in [0, 0.1) is 17.8 Å². The van der Waals surface area contributed by atoms with Gasteiger partial charge in [0.15, 0.2) is 5.67 Å². The van der Waals surface area contributed by atoms with E-state index in [4.69, 9.17) is 22.1 Å². The van der Waals surface area contributed by atoms with Crippen molar-refractivity contribution < 1.29 is 38.2 Å². The van der Waals surface area contributed by atoms with Gasteiger partial charge in [0, 0.05) is 75.3 Å². The number of piperazine rings is 1. The van der Waals surface area contributed by atoms with Crippen molar-refractivity contribution in [2.24, 2.45) is 16.6 Å². The Hall–Kier alpha value is -5.45. The number of aliphatic hydroxyl groups excluding tert-OH is 1. The van der Waals surface area contributed by atoms with E-state index in [1.807, 2.05) is 38.1 Å². The Labute approximate surface area is 457 Å². The number of nitrogens with one attached hydrogen (secondary N) is 3. The topological polar surface area (TPSA) is 229 Å². The third-order valence-corrected chi connectivity index (χ3v) is 17.4. The van der Waals surface area contributed by atoms with Crippen molar-refractivity contribution >= 4 is 75.7 Å². The molecule has 0 unspecified atom stereocenters. The van der Waals surface area contributed by atoms with Crippen LogP contribution in [0.1, 0.15) is 90.8 Å². The first-order valence-electron chi connectivity index (χ1n) is 26.1. The van der Waals surface area contributed by atoms with Crippen LogP contribution < -0.4 is 31.3 Å². The third-order valence-electron chi connectivity index (χ3n) is 15.0. The minimum Gasteiger partial charge on any atom is -0.493 e. The van der Waals surface area contributed by atoms with E-state index in [1.165, 1.54) is 28.0 Å². The Morgan fingerprint density at radius 2 is 1.78 bits per heavy atom. The van der Waals surface area contributed by atoms with Crippen molar-refractivity contribution in [1.29, 1.82) is 0 Å². The summed E-state index contributed by atoms with van der Waals surface area (Å²) >= 11 is 9.64. The third kappa shape index (κ3) is 13.8. The molecule has 22 heteroatoms. The van der Waals surface area contributed by atoms with E-state index in [2.05, 4.69) is 47.6 Å². The molecule has 3 saturated heterocycles. The highest BCUT2D eigenvalue weighted by molar-refractivity contribution is 7.99. The van der Waals surface area contributed by atoms with Crippen molar-refractivity contribution in [3.63, 3.8) is 0 Å². The molecule has 2 aromatic heterocycles. The Morgan fingerprint density at radius 3 is 2.43 bits per heavy atom. The smallest absolute Gasteiger partial charge is 0.258 e. The summed E-state index contributed by atoms with van der Waals surface area (Å²) in [7, 11) is 0. The molecule has 4 aromatic rings. The second kappa shape index (κ2) is 24.1. The lowest BCUT2D eigenvalue weighted by molar-refractivity contribution is -0.145. The van der Waals surface area contributed by atoms with E-state index in [9.17, 15) is 33.5 Å². The number of alkyl halides is 1. The summed E-state index contributed by atoms with van der Waals surface area (Å²) in [6.45, 7) is 16.5. The number of nitrogens with two attached hydrogens (primary N) is 1. The van der Waals surface area contributed by atoms with Gasteiger partial charge in [0.1, 0.15) is 35.1 Å². The van der Waals surface area contributed by atoms with Gasteiger partial charge in [-0.3, -0.25) is 28.9 Å². The molecular formula is C54H71ClFN11O7S2. The van der Waals surface area contributed by atoms with E-state index in [1.54, 1.807) is 55.7 Å². The van der Waals surface area contributed by atoms with Crippen molar-refractivity contribution in [3.05, 3.63) is 70.6 Å². The van der Waals surface area contributed by atoms with Gasteiger partial charge in [-0.2, -0.15) is 0 Å². The predicted octanol–water partition coefficient (Wildman–Crippen LogP) is 6.22. The molecule has 76 heavy (non-hydrogen) atoms. The standard InChI is InChI=1S/C54H71ClFN11O7S2/c1-33-29-64(20-21-66(33)45(70)25-43(69)62-38-9-7-10-41(46(38)55)76-44-28-58-42(27-59-44)65-18-15-53(6,31-57)16-19-65)17-8-22-74-40-23-35(47-34(2)61-32-75-47)11-12-36(40)26-60-49(71)39-24-37(68)30-67(39)50(72)48(52(3,4)5)63-51(73)54(56)13-14-54/h7,9-12,23,27-28,32-33,37,39,48,68H,8,13-22,24-26,29-31,57H2,1-6H3,(H,60,71)(H,62,69)(H,63,73)/t33-,37-,39+,48-/m1/s1. The maximum atomic E-state index is 14.7. The first-order chi connectivity index (χ1) is 36.1. The number of β-amino-alcohol motifs (C(OH)–C–C–N with tert-alkyl or cyclic N) is 1. The number of carbonyl (C=O) groups is 5. The fourth-order valence-corrected chi connectivity index (χ4v) is 11.8. The maximum Gasteiger partial charge on any atom is 0.258 e. The summed E-state index contributed by atoms with van der Waals surface area (Å²) in [6, 6.07) is 8.84. The number of hydrogen-bond donors (Lipinski definition) is 5. The summed E-state index contributed by atoms with van der Waals surface area (Å²) in [6.07, 6.45) is 5.06.